The predicted molar refractivity (Wildman–Crippen MR) is 85.5 cm³/mol. The van der Waals surface area contributed by atoms with Gasteiger partial charge in [-0.3, -0.25) is 14.4 Å². The van der Waals surface area contributed by atoms with Gasteiger partial charge in [0, 0.05) is 12.3 Å². The third kappa shape index (κ3) is 1.35. The van der Waals surface area contributed by atoms with Crippen molar-refractivity contribution in [1.29, 1.82) is 0 Å². The van der Waals surface area contributed by atoms with Gasteiger partial charge in [0.25, 0.3) is 0 Å². The molecule has 6 fully saturated rings. The van der Waals surface area contributed by atoms with Crippen molar-refractivity contribution < 1.29 is 34.4 Å². The summed E-state index contributed by atoms with van der Waals surface area (Å²) in [7, 11) is 0. The number of rotatable bonds is 0. The van der Waals surface area contributed by atoms with Gasteiger partial charge >= 0.3 is 0 Å². The van der Waals surface area contributed by atoms with Gasteiger partial charge < -0.3 is 20.1 Å². The van der Waals surface area contributed by atoms with E-state index in [1.165, 1.54) is 0 Å². The molecule has 0 aromatic rings. The van der Waals surface area contributed by atoms with E-state index in [0.29, 0.717) is 25.7 Å². The van der Waals surface area contributed by atoms with E-state index in [0.717, 1.165) is 0 Å². The zero-order chi connectivity index (χ0) is 18.9. The second-order valence-corrected chi connectivity index (χ2v) is 9.60. The third-order valence-electron chi connectivity index (χ3n) is 8.47. The Hall–Kier alpha value is -1.15. The van der Waals surface area contributed by atoms with Crippen LogP contribution in [0.4, 0.5) is 0 Å². The number of carbonyl (C=O) groups excluding carboxylic acids is 3. The Kier molecular flexibility index (Phi) is 2.91. The first-order chi connectivity index (χ1) is 12.1. The van der Waals surface area contributed by atoms with Crippen molar-refractivity contribution in [1.82, 2.24) is 0 Å². The fourth-order valence-corrected chi connectivity index (χ4v) is 7.47. The molecule has 4 saturated carbocycles. The number of carbonyl (C=O) groups is 3. The van der Waals surface area contributed by atoms with Crippen molar-refractivity contribution in [3.63, 3.8) is 0 Å². The largest absolute Gasteiger partial charge is 0.391 e. The second-order valence-electron chi connectivity index (χ2n) is 9.60. The van der Waals surface area contributed by atoms with E-state index in [2.05, 4.69) is 0 Å². The topological polar surface area (TPSA) is 121 Å². The van der Waals surface area contributed by atoms with Crippen LogP contribution in [0, 0.1) is 34.0 Å². The smallest absolute Gasteiger partial charge is 0.213 e. The van der Waals surface area contributed by atoms with Crippen LogP contribution in [0.5, 0.6) is 0 Å². The van der Waals surface area contributed by atoms with Crippen molar-refractivity contribution in [2.24, 2.45) is 34.0 Å². The maximum absolute atomic E-state index is 13.2. The lowest BCUT2D eigenvalue weighted by molar-refractivity contribution is -0.437. The van der Waals surface area contributed by atoms with E-state index in [-0.39, 0.29) is 12.4 Å². The summed E-state index contributed by atoms with van der Waals surface area (Å²) < 4.78 is 5.63. The van der Waals surface area contributed by atoms with Gasteiger partial charge in [0.15, 0.2) is 0 Å². The first-order valence-corrected chi connectivity index (χ1v) is 9.41. The summed E-state index contributed by atoms with van der Waals surface area (Å²) in [4.78, 5) is 38.8. The van der Waals surface area contributed by atoms with Gasteiger partial charge in [0.2, 0.25) is 17.4 Å². The monoisotopic (exact) mass is 364 g/mol. The molecule has 26 heavy (non-hydrogen) atoms. The molecule has 7 heteroatoms. The third-order valence-corrected chi connectivity index (χ3v) is 8.47. The minimum atomic E-state index is -2.35. The standard InChI is InChI=1S/C19H24O7/c1-16(2)6-5-10(20)17-7-26-19(25,15(24)12(16)17)18-9(17)4-3-8(13(18)22)11(21)14(18)23/h8-9,12-13,15,22,24-25H,3-7H2,1-2H3/t8-,9?,12?,13+,15-,17+,18?,19-/m0/s1. The highest BCUT2D eigenvalue weighted by atomic mass is 16.6. The zero-order valence-corrected chi connectivity index (χ0v) is 14.9. The fraction of sp³-hybridized carbons (Fsp3) is 0.842. The number of aliphatic hydroxyl groups is 3. The fourth-order valence-electron chi connectivity index (χ4n) is 7.47. The van der Waals surface area contributed by atoms with Crippen LogP contribution in [0.1, 0.15) is 39.5 Å². The van der Waals surface area contributed by atoms with Crippen LogP contribution >= 0.6 is 0 Å². The molecule has 2 spiro atoms. The number of hydrogen-bond acceptors (Lipinski definition) is 7. The number of hydrogen-bond donors (Lipinski definition) is 3. The maximum atomic E-state index is 13.2. The molecule has 3 N–H and O–H groups in total. The van der Waals surface area contributed by atoms with Gasteiger partial charge in [0.05, 0.1) is 24.0 Å². The SMILES string of the molecule is CC1(C)CCC(=O)[C@]23CO[C@@](O)([C@@H](O)C12)C12C(=O)C(=O)[C@H](CCC13)[C@H]2O. The van der Waals surface area contributed by atoms with Gasteiger partial charge in [-0.15, -0.1) is 0 Å². The first-order valence-electron chi connectivity index (χ1n) is 9.41. The van der Waals surface area contributed by atoms with Crippen LogP contribution in [0.3, 0.4) is 0 Å². The lowest BCUT2D eigenvalue weighted by atomic mass is 9.36. The van der Waals surface area contributed by atoms with Crippen LogP contribution < -0.4 is 0 Å². The highest BCUT2D eigenvalue weighted by Gasteiger charge is 2.88. The molecule has 0 aromatic carbocycles. The molecule has 7 nitrogen and oxygen atoms in total. The molecule has 2 heterocycles. The summed E-state index contributed by atoms with van der Waals surface area (Å²) in [6.07, 6.45) is -1.38. The summed E-state index contributed by atoms with van der Waals surface area (Å²) in [5, 5.41) is 33.6. The molecule has 4 aliphatic carbocycles. The Labute approximate surface area is 150 Å². The van der Waals surface area contributed by atoms with E-state index in [4.69, 9.17) is 4.74 Å². The summed E-state index contributed by atoms with van der Waals surface area (Å²) in [5.41, 5.74) is -3.54. The van der Waals surface area contributed by atoms with Gasteiger partial charge in [-0.2, -0.15) is 0 Å². The van der Waals surface area contributed by atoms with Crippen molar-refractivity contribution in [2.45, 2.75) is 57.5 Å². The van der Waals surface area contributed by atoms with Gasteiger partial charge in [-0.05, 0) is 30.6 Å². The molecule has 0 radical (unpaired) electrons. The molecular formula is C19H24O7. The number of ether oxygens (including phenoxy) is 1. The molecule has 4 bridgehead atoms. The quantitative estimate of drug-likeness (QED) is 0.500. The van der Waals surface area contributed by atoms with Crippen LogP contribution in [0.25, 0.3) is 0 Å². The molecule has 6 rings (SSSR count). The van der Waals surface area contributed by atoms with Gasteiger partial charge in [0.1, 0.15) is 17.3 Å². The Balaban J connectivity index is 1.83. The van der Waals surface area contributed by atoms with E-state index in [1.54, 1.807) is 0 Å². The van der Waals surface area contributed by atoms with Crippen molar-refractivity contribution in [2.75, 3.05) is 6.61 Å². The molecular weight excluding hydrogens is 340 g/mol. The van der Waals surface area contributed by atoms with Crippen LogP contribution in [-0.2, 0) is 19.1 Å². The minimum Gasteiger partial charge on any atom is -0.391 e. The molecule has 6 aliphatic rings. The molecule has 142 valence electrons. The normalized spacial score (nSPS) is 57.1. The Morgan fingerprint density at radius 1 is 1.08 bits per heavy atom. The number of ketones is 3. The van der Waals surface area contributed by atoms with Crippen molar-refractivity contribution in [3.05, 3.63) is 0 Å². The lowest BCUT2D eigenvalue weighted by Gasteiger charge is -2.72. The predicted octanol–water partition coefficient (Wildman–Crippen LogP) is -0.403. The van der Waals surface area contributed by atoms with Gasteiger partial charge in [-0.1, -0.05) is 13.8 Å². The van der Waals surface area contributed by atoms with E-state index in [1.807, 2.05) is 13.8 Å². The number of fused-ring (bicyclic) bond motifs is 2. The highest BCUT2D eigenvalue weighted by molar-refractivity contribution is 6.43. The highest BCUT2D eigenvalue weighted by Crippen LogP contribution is 2.74. The summed E-state index contributed by atoms with van der Waals surface area (Å²) in [6, 6.07) is 0. The average Bonchev–Trinajstić information content (AvgIpc) is 2.69. The first kappa shape index (κ1) is 17.0. The number of aliphatic hydroxyl groups excluding tert-OH is 2. The molecule has 0 amide bonds. The van der Waals surface area contributed by atoms with E-state index < -0.39 is 63.6 Å². The van der Waals surface area contributed by atoms with Crippen molar-refractivity contribution >= 4 is 17.3 Å². The molecule has 0 aromatic heterocycles. The summed E-state index contributed by atoms with van der Waals surface area (Å²) in [6.45, 7) is 3.82. The molecule has 2 saturated heterocycles. The second kappa shape index (κ2) is 4.46. The van der Waals surface area contributed by atoms with E-state index in [9.17, 15) is 29.7 Å². The minimum absolute atomic E-state index is 0.0846. The maximum Gasteiger partial charge on any atom is 0.213 e. The Bertz CT molecular complexity index is 759. The number of Topliss-reactive ketones (excluding diaryl/α,β-unsaturated/α-hetero) is 3. The lowest BCUT2D eigenvalue weighted by Crippen LogP contribution is -2.85. The Morgan fingerprint density at radius 2 is 1.77 bits per heavy atom. The molecule has 3 unspecified atom stereocenters. The van der Waals surface area contributed by atoms with Crippen molar-refractivity contribution in [3.8, 4) is 0 Å². The van der Waals surface area contributed by atoms with Gasteiger partial charge in [-0.25, -0.2) is 0 Å². The van der Waals surface area contributed by atoms with Crippen LogP contribution in [0.2, 0.25) is 0 Å². The summed E-state index contributed by atoms with van der Waals surface area (Å²) >= 11 is 0. The van der Waals surface area contributed by atoms with Crippen LogP contribution in [0.15, 0.2) is 0 Å². The molecule has 8 atom stereocenters. The molecule has 2 aliphatic heterocycles. The zero-order valence-electron chi connectivity index (χ0n) is 14.9. The summed E-state index contributed by atoms with van der Waals surface area (Å²) in [5.74, 6) is -6.21. The Morgan fingerprint density at radius 3 is 2.46 bits per heavy atom. The van der Waals surface area contributed by atoms with Crippen LogP contribution in [-0.4, -0.2) is 57.3 Å². The van der Waals surface area contributed by atoms with E-state index >= 15 is 0 Å². The average molecular weight is 364 g/mol.